The Morgan fingerprint density at radius 2 is 2.27 bits per heavy atom. The standard InChI is InChI=1S/C9H9BrN/c10-8-4-3-7-2-1-5-11-9(7)6-8/h3-4,6H,1-2,5H2. The van der Waals surface area contributed by atoms with Gasteiger partial charge in [0.15, 0.2) is 0 Å². The molecule has 0 saturated heterocycles. The maximum atomic E-state index is 4.42. The predicted octanol–water partition coefficient (Wildman–Crippen LogP) is 2.63. The van der Waals surface area contributed by atoms with E-state index in [1.807, 2.05) is 0 Å². The second-order valence-electron chi connectivity index (χ2n) is 2.76. The molecule has 11 heavy (non-hydrogen) atoms. The van der Waals surface area contributed by atoms with E-state index < -0.39 is 0 Å². The molecule has 0 amide bonds. The van der Waals surface area contributed by atoms with Crippen LogP contribution in [0.4, 0.5) is 5.69 Å². The molecule has 1 radical (unpaired) electrons. The van der Waals surface area contributed by atoms with E-state index in [2.05, 4.69) is 39.4 Å². The van der Waals surface area contributed by atoms with Gasteiger partial charge in [-0.2, -0.15) is 0 Å². The molecule has 1 aliphatic rings. The third-order valence-corrected chi connectivity index (χ3v) is 2.43. The molecule has 57 valence electrons. The Hall–Kier alpha value is -0.500. The van der Waals surface area contributed by atoms with Crippen molar-refractivity contribution >= 4 is 21.6 Å². The molecule has 0 bridgehead atoms. The van der Waals surface area contributed by atoms with E-state index in [0.29, 0.717) is 0 Å². The van der Waals surface area contributed by atoms with Crippen LogP contribution in [0.25, 0.3) is 0 Å². The highest BCUT2D eigenvalue weighted by molar-refractivity contribution is 9.10. The fraction of sp³-hybridized carbons (Fsp3) is 0.333. The Bertz CT molecular complexity index is 270. The van der Waals surface area contributed by atoms with Gasteiger partial charge in [0.2, 0.25) is 0 Å². The minimum absolute atomic E-state index is 0.990. The first kappa shape index (κ1) is 7.17. The van der Waals surface area contributed by atoms with Crippen molar-refractivity contribution in [3.05, 3.63) is 28.2 Å². The second-order valence-corrected chi connectivity index (χ2v) is 3.67. The van der Waals surface area contributed by atoms with Crippen LogP contribution in [0.2, 0.25) is 0 Å². The van der Waals surface area contributed by atoms with Crippen molar-refractivity contribution in [1.82, 2.24) is 5.32 Å². The summed E-state index contributed by atoms with van der Waals surface area (Å²) in [6.45, 7) is 0.990. The molecule has 2 heteroatoms. The minimum atomic E-state index is 0.990. The quantitative estimate of drug-likeness (QED) is 0.626. The number of nitrogens with zero attached hydrogens (tertiary/aromatic N) is 1. The molecular formula is C9H9BrN. The molecule has 1 aromatic rings. The van der Waals surface area contributed by atoms with Crippen LogP contribution in [0.5, 0.6) is 0 Å². The molecule has 0 saturated carbocycles. The van der Waals surface area contributed by atoms with Gasteiger partial charge in [-0.1, -0.05) is 22.0 Å². The van der Waals surface area contributed by atoms with Gasteiger partial charge in [0.1, 0.15) is 0 Å². The van der Waals surface area contributed by atoms with Crippen molar-refractivity contribution < 1.29 is 0 Å². The first-order chi connectivity index (χ1) is 5.36. The van der Waals surface area contributed by atoms with Crippen LogP contribution in [0.15, 0.2) is 22.7 Å². The van der Waals surface area contributed by atoms with E-state index in [1.54, 1.807) is 0 Å². The summed E-state index contributed by atoms with van der Waals surface area (Å²) in [7, 11) is 0. The summed E-state index contributed by atoms with van der Waals surface area (Å²) in [5, 5.41) is 4.42. The highest BCUT2D eigenvalue weighted by Gasteiger charge is 2.08. The Labute approximate surface area is 74.9 Å². The number of hydrogen-bond donors (Lipinski definition) is 0. The number of rotatable bonds is 0. The van der Waals surface area contributed by atoms with Gasteiger partial charge >= 0.3 is 0 Å². The van der Waals surface area contributed by atoms with Gasteiger partial charge in [-0.3, -0.25) is 5.32 Å². The molecular weight excluding hydrogens is 202 g/mol. The van der Waals surface area contributed by atoms with E-state index >= 15 is 0 Å². The van der Waals surface area contributed by atoms with Crippen molar-refractivity contribution in [3.63, 3.8) is 0 Å². The summed E-state index contributed by atoms with van der Waals surface area (Å²) >= 11 is 3.43. The molecule has 0 aliphatic carbocycles. The molecule has 0 fully saturated rings. The van der Waals surface area contributed by atoms with Gasteiger partial charge in [0, 0.05) is 11.0 Å². The van der Waals surface area contributed by atoms with E-state index in [4.69, 9.17) is 0 Å². The van der Waals surface area contributed by atoms with E-state index in [9.17, 15) is 0 Å². The van der Waals surface area contributed by atoms with Crippen LogP contribution < -0.4 is 5.32 Å². The zero-order valence-corrected chi connectivity index (χ0v) is 7.76. The van der Waals surface area contributed by atoms with Crippen LogP contribution in [0.1, 0.15) is 12.0 Å². The van der Waals surface area contributed by atoms with Crippen LogP contribution in [-0.2, 0) is 6.42 Å². The Morgan fingerprint density at radius 3 is 3.18 bits per heavy atom. The smallest absolute Gasteiger partial charge is 0.0617 e. The third-order valence-electron chi connectivity index (χ3n) is 1.93. The summed E-state index contributed by atoms with van der Waals surface area (Å²) < 4.78 is 1.13. The van der Waals surface area contributed by atoms with E-state index in [0.717, 1.165) is 11.0 Å². The second kappa shape index (κ2) is 2.86. The molecule has 0 spiro atoms. The number of fused-ring (bicyclic) bond motifs is 1. The lowest BCUT2D eigenvalue weighted by atomic mass is 10.0. The molecule has 0 N–H and O–H groups in total. The fourth-order valence-electron chi connectivity index (χ4n) is 1.36. The first-order valence-corrected chi connectivity index (χ1v) is 4.61. The summed E-state index contributed by atoms with van der Waals surface area (Å²) in [6, 6.07) is 6.33. The highest BCUT2D eigenvalue weighted by atomic mass is 79.9. The molecule has 1 nitrogen and oxygen atoms in total. The number of benzene rings is 1. The van der Waals surface area contributed by atoms with Gasteiger partial charge in [0.05, 0.1) is 5.69 Å². The van der Waals surface area contributed by atoms with E-state index in [1.165, 1.54) is 24.1 Å². The molecule has 0 unspecified atom stereocenters. The zero-order chi connectivity index (χ0) is 7.68. The maximum absolute atomic E-state index is 4.42. The molecule has 0 atom stereocenters. The van der Waals surface area contributed by atoms with Crippen molar-refractivity contribution in [3.8, 4) is 0 Å². The zero-order valence-electron chi connectivity index (χ0n) is 6.18. The summed E-state index contributed by atoms with van der Waals surface area (Å²) in [4.78, 5) is 0. The number of hydrogen-bond acceptors (Lipinski definition) is 0. The van der Waals surface area contributed by atoms with Gasteiger partial charge < -0.3 is 0 Å². The lowest BCUT2D eigenvalue weighted by Gasteiger charge is -2.14. The average molecular weight is 211 g/mol. The lowest BCUT2D eigenvalue weighted by Crippen LogP contribution is -2.10. The monoisotopic (exact) mass is 210 g/mol. The lowest BCUT2D eigenvalue weighted by molar-refractivity contribution is 0.704. The van der Waals surface area contributed by atoms with Crippen molar-refractivity contribution in [2.75, 3.05) is 6.54 Å². The SMILES string of the molecule is Brc1ccc2c(c1)[N]CCC2. The topological polar surface area (TPSA) is 14.1 Å². The third kappa shape index (κ3) is 1.41. The highest BCUT2D eigenvalue weighted by Crippen LogP contribution is 2.25. The number of aryl methyl sites for hydroxylation is 1. The summed E-state index contributed by atoms with van der Waals surface area (Å²) in [5.74, 6) is 0. The predicted molar refractivity (Wildman–Crippen MR) is 49.1 cm³/mol. The van der Waals surface area contributed by atoms with Crippen molar-refractivity contribution in [2.45, 2.75) is 12.8 Å². The fourth-order valence-corrected chi connectivity index (χ4v) is 1.71. The van der Waals surface area contributed by atoms with Gasteiger partial charge in [-0.05, 0) is 30.5 Å². The van der Waals surface area contributed by atoms with Crippen molar-refractivity contribution in [1.29, 1.82) is 0 Å². The van der Waals surface area contributed by atoms with Crippen LogP contribution in [-0.4, -0.2) is 6.54 Å². The molecule has 0 aromatic heterocycles. The molecule has 1 aromatic carbocycles. The molecule has 1 aliphatic heterocycles. The van der Waals surface area contributed by atoms with Crippen LogP contribution in [0, 0.1) is 0 Å². The van der Waals surface area contributed by atoms with Gasteiger partial charge in [0.25, 0.3) is 0 Å². The Morgan fingerprint density at radius 1 is 1.36 bits per heavy atom. The van der Waals surface area contributed by atoms with E-state index in [-0.39, 0.29) is 0 Å². The molecule has 1 heterocycles. The van der Waals surface area contributed by atoms with Crippen LogP contribution in [0.3, 0.4) is 0 Å². The Balaban J connectivity index is 2.43. The maximum Gasteiger partial charge on any atom is 0.0617 e. The Kier molecular flexibility index (Phi) is 1.86. The van der Waals surface area contributed by atoms with Gasteiger partial charge in [-0.15, -0.1) is 0 Å². The minimum Gasteiger partial charge on any atom is -0.285 e. The van der Waals surface area contributed by atoms with Crippen LogP contribution >= 0.6 is 15.9 Å². The van der Waals surface area contributed by atoms with Crippen molar-refractivity contribution in [2.24, 2.45) is 0 Å². The average Bonchev–Trinajstić information content (AvgIpc) is 2.04. The first-order valence-electron chi connectivity index (χ1n) is 3.82. The largest absolute Gasteiger partial charge is 0.285 e. The normalized spacial score (nSPS) is 15.4. The van der Waals surface area contributed by atoms with Gasteiger partial charge in [-0.25, -0.2) is 0 Å². The number of halogens is 1. The summed E-state index contributed by atoms with van der Waals surface area (Å²) in [6.07, 6.45) is 2.39. The summed E-state index contributed by atoms with van der Waals surface area (Å²) in [5.41, 5.74) is 2.56. The molecule has 2 rings (SSSR count).